The van der Waals surface area contributed by atoms with E-state index in [1.807, 2.05) is 0 Å². The van der Waals surface area contributed by atoms with E-state index in [4.69, 9.17) is 4.42 Å². The Morgan fingerprint density at radius 1 is 0.456 bits per heavy atom. The fourth-order valence-electron chi connectivity index (χ4n) is 11.4. The van der Waals surface area contributed by atoms with Gasteiger partial charge in [-0.2, -0.15) is 0 Å². The van der Waals surface area contributed by atoms with Crippen LogP contribution in [0.25, 0.3) is 55.0 Å². The van der Waals surface area contributed by atoms with Gasteiger partial charge in [-0.1, -0.05) is 146 Å². The molecule has 0 radical (unpaired) electrons. The van der Waals surface area contributed by atoms with Crippen molar-refractivity contribution in [2.75, 3.05) is 9.71 Å². The molecular weight excluding hydrogens is 691 g/mol. The number of hydrogen-bond acceptors (Lipinski definition) is 3. The van der Waals surface area contributed by atoms with Crippen LogP contribution in [0, 0.1) is 0 Å². The van der Waals surface area contributed by atoms with Gasteiger partial charge in [-0.05, 0) is 97.7 Å². The van der Waals surface area contributed by atoms with Gasteiger partial charge in [0.25, 0.3) is 0 Å². The van der Waals surface area contributed by atoms with Crippen LogP contribution in [-0.2, 0) is 5.41 Å². The molecule has 0 fully saturated rings. The van der Waals surface area contributed by atoms with Crippen molar-refractivity contribution in [2.45, 2.75) is 5.41 Å². The summed E-state index contributed by atoms with van der Waals surface area (Å²) in [4.78, 5) is 5.27. The van der Waals surface area contributed by atoms with Gasteiger partial charge in [0.1, 0.15) is 11.2 Å². The number of hydrogen-bond donors (Lipinski definition) is 0. The van der Waals surface area contributed by atoms with Crippen molar-refractivity contribution in [2.24, 2.45) is 0 Å². The van der Waals surface area contributed by atoms with Crippen molar-refractivity contribution in [3.8, 4) is 22.3 Å². The number of nitrogens with zero attached hydrogens (tertiary/aromatic N) is 2. The van der Waals surface area contributed by atoms with Gasteiger partial charge >= 0.3 is 6.85 Å². The lowest BCUT2D eigenvalue weighted by atomic mass is 9.42. The molecule has 57 heavy (non-hydrogen) atoms. The van der Waals surface area contributed by atoms with Gasteiger partial charge in [0.2, 0.25) is 0 Å². The Hall–Kier alpha value is -7.30. The predicted octanol–water partition coefficient (Wildman–Crippen LogP) is 12.1. The average molecular weight is 723 g/mol. The minimum atomic E-state index is -0.497. The van der Waals surface area contributed by atoms with Gasteiger partial charge in [0.15, 0.2) is 0 Å². The average Bonchev–Trinajstić information content (AvgIpc) is 3.80. The second-order valence-corrected chi connectivity index (χ2v) is 15.9. The molecule has 14 rings (SSSR count). The maximum Gasteiger partial charge on any atom is 0.333 e. The molecule has 3 nitrogen and oxygen atoms in total. The summed E-state index contributed by atoms with van der Waals surface area (Å²) in [6.07, 6.45) is 0. The van der Waals surface area contributed by atoms with Crippen molar-refractivity contribution in [1.29, 1.82) is 0 Å². The molecular formula is C53H31BN2O. The van der Waals surface area contributed by atoms with E-state index in [1.54, 1.807) is 0 Å². The SMILES string of the molecule is c1ccc(N2B3c4cccc5c4N(c4ccccc4C54c5ccccc5-c5ccccc54)c4c3c(cc3ccccc43)-c3c2ccc2oc4ccccc4c32)cc1. The van der Waals surface area contributed by atoms with Gasteiger partial charge < -0.3 is 14.1 Å². The fourth-order valence-corrected chi connectivity index (χ4v) is 11.4. The monoisotopic (exact) mass is 722 g/mol. The first-order chi connectivity index (χ1) is 28.3. The Bertz CT molecular complexity index is 3360. The van der Waals surface area contributed by atoms with Crippen molar-refractivity contribution < 1.29 is 4.42 Å². The summed E-state index contributed by atoms with van der Waals surface area (Å²) in [5.74, 6) is 0. The highest BCUT2D eigenvalue weighted by Gasteiger charge is 2.56. The zero-order valence-electron chi connectivity index (χ0n) is 30.8. The minimum absolute atomic E-state index is 0.106. The van der Waals surface area contributed by atoms with E-state index in [2.05, 4.69) is 198 Å². The molecule has 4 aliphatic rings. The van der Waals surface area contributed by atoms with Crippen LogP contribution in [0.4, 0.5) is 28.4 Å². The largest absolute Gasteiger partial charge is 0.456 e. The zero-order chi connectivity index (χ0) is 37.0. The van der Waals surface area contributed by atoms with Crippen LogP contribution in [-0.4, -0.2) is 6.85 Å². The van der Waals surface area contributed by atoms with E-state index in [-0.39, 0.29) is 6.85 Å². The topological polar surface area (TPSA) is 19.6 Å². The van der Waals surface area contributed by atoms with Crippen LogP contribution in [0.2, 0.25) is 0 Å². The Morgan fingerprint density at radius 2 is 1.12 bits per heavy atom. The molecule has 9 aromatic carbocycles. The number of rotatable bonds is 1. The van der Waals surface area contributed by atoms with E-state index in [0.29, 0.717) is 0 Å². The van der Waals surface area contributed by atoms with Crippen molar-refractivity contribution in [3.05, 3.63) is 210 Å². The summed E-state index contributed by atoms with van der Waals surface area (Å²) in [5, 5.41) is 4.78. The summed E-state index contributed by atoms with van der Waals surface area (Å²) in [6, 6.07) is 70.0. The van der Waals surface area contributed by atoms with E-state index < -0.39 is 5.41 Å². The summed E-state index contributed by atoms with van der Waals surface area (Å²) >= 11 is 0. The molecule has 4 heteroatoms. The number of anilines is 5. The van der Waals surface area contributed by atoms with E-state index in [1.165, 1.54) is 89.0 Å². The molecule has 1 spiro atoms. The maximum atomic E-state index is 6.61. The molecule has 0 N–H and O–H groups in total. The Morgan fingerprint density at radius 3 is 1.95 bits per heavy atom. The lowest BCUT2D eigenvalue weighted by Gasteiger charge is -2.51. The van der Waals surface area contributed by atoms with Gasteiger partial charge in [-0.3, -0.25) is 0 Å². The number of para-hydroxylation sites is 4. The normalized spacial score (nSPS) is 14.7. The summed E-state index contributed by atoms with van der Waals surface area (Å²) < 4.78 is 6.61. The Labute approximate surface area is 329 Å². The molecule has 10 aromatic rings. The first-order valence-electron chi connectivity index (χ1n) is 19.9. The van der Waals surface area contributed by atoms with E-state index >= 15 is 0 Å². The van der Waals surface area contributed by atoms with Crippen molar-refractivity contribution >= 4 is 78.9 Å². The molecule has 0 atom stereocenters. The van der Waals surface area contributed by atoms with Crippen LogP contribution >= 0.6 is 0 Å². The second kappa shape index (κ2) is 10.5. The third-order valence-electron chi connectivity index (χ3n) is 13.4. The van der Waals surface area contributed by atoms with E-state index in [0.717, 1.165) is 27.6 Å². The van der Waals surface area contributed by atoms with Crippen LogP contribution in [0.15, 0.2) is 192 Å². The first-order valence-corrected chi connectivity index (χ1v) is 19.9. The van der Waals surface area contributed by atoms with Gasteiger partial charge in [-0.15, -0.1) is 0 Å². The lowest BCUT2D eigenvalue weighted by Crippen LogP contribution is -2.62. The second-order valence-electron chi connectivity index (χ2n) is 15.9. The summed E-state index contributed by atoms with van der Waals surface area (Å²) in [6.45, 7) is -0.106. The molecule has 1 aromatic heterocycles. The molecule has 4 heterocycles. The molecule has 0 saturated carbocycles. The van der Waals surface area contributed by atoms with Crippen LogP contribution in [0.1, 0.15) is 22.3 Å². The third-order valence-corrected chi connectivity index (χ3v) is 13.4. The predicted molar refractivity (Wildman–Crippen MR) is 236 cm³/mol. The minimum Gasteiger partial charge on any atom is -0.456 e. The standard InChI is InChI=1S/C53H31BN2O/c1-2-16-33(17-3-1)56-45-29-30-47-49(37-21-8-13-28-46(37)57-47)48(45)38-31-32-15-4-5-18-34(32)51-50(38)54(56)43-26-14-25-42-52(43)55(51)44-27-12-11-24-41(44)53(42)39-22-9-6-19-35(39)36-20-7-10-23-40(36)53/h1-31H. The third kappa shape index (κ3) is 3.48. The molecule has 0 unspecified atom stereocenters. The smallest absolute Gasteiger partial charge is 0.333 e. The van der Waals surface area contributed by atoms with Crippen LogP contribution in [0.3, 0.4) is 0 Å². The zero-order valence-corrected chi connectivity index (χ0v) is 30.8. The van der Waals surface area contributed by atoms with Crippen LogP contribution < -0.4 is 20.6 Å². The van der Waals surface area contributed by atoms with Crippen molar-refractivity contribution in [1.82, 2.24) is 0 Å². The Balaban J connectivity index is 1.20. The molecule has 262 valence electrons. The maximum absolute atomic E-state index is 6.61. The van der Waals surface area contributed by atoms with Gasteiger partial charge in [-0.25, -0.2) is 0 Å². The summed E-state index contributed by atoms with van der Waals surface area (Å²) in [7, 11) is 0. The highest BCUT2D eigenvalue weighted by atomic mass is 16.3. The van der Waals surface area contributed by atoms with Crippen LogP contribution in [0.5, 0.6) is 0 Å². The molecule has 0 saturated heterocycles. The molecule has 1 aliphatic carbocycles. The lowest BCUT2D eigenvalue weighted by molar-refractivity contribution is 0.669. The first kappa shape index (κ1) is 30.0. The Kier molecular flexibility index (Phi) is 5.53. The number of furan rings is 1. The highest BCUT2D eigenvalue weighted by molar-refractivity contribution is 6.94. The number of benzene rings is 9. The number of fused-ring (bicyclic) bond motifs is 19. The quantitative estimate of drug-likeness (QED) is 0.157. The molecule has 0 bridgehead atoms. The van der Waals surface area contributed by atoms with Gasteiger partial charge in [0.05, 0.1) is 16.8 Å². The van der Waals surface area contributed by atoms with Gasteiger partial charge in [0, 0.05) is 38.8 Å². The highest BCUT2D eigenvalue weighted by Crippen LogP contribution is 2.64. The summed E-state index contributed by atoms with van der Waals surface area (Å²) in [5.41, 5.74) is 20.5. The fraction of sp³-hybridized carbons (Fsp3) is 0.0189. The molecule has 3 aliphatic heterocycles. The van der Waals surface area contributed by atoms with E-state index in [9.17, 15) is 0 Å². The van der Waals surface area contributed by atoms with Crippen molar-refractivity contribution in [3.63, 3.8) is 0 Å². The molecule has 0 amide bonds.